The fraction of sp³-hybridized carbons (Fsp3) is 0.263. The van der Waals surface area contributed by atoms with Crippen molar-refractivity contribution in [3.63, 3.8) is 0 Å². The van der Waals surface area contributed by atoms with E-state index in [2.05, 4.69) is 5.32 Å². The minimum atomic E-state index is -0.357. The second-order valence-corrected chi connectivity index (χ2v) is 5.97. The normalized spacial score (nSPS) is 17.0. The minimum Gasteiger partial charge on any atom is -0.497 e. The lowest BCUT2D eigenvalue weighted by Gasteiger charge is -2.17. The first-order valence-electron chi connectivity index (χ1n) is 7.89. The summed E-state index contributed by atoms with van der Waals surface area (Å²) in [6.45, 7) is 2.38. The number of methoxy groups -OCH3 is 1. The molecule has 1 saturated heterocycles. The number of nitrogens with zero attached hydrogens (tertiary/aromatic N) is 1. The van der Waals surface area contributed by atoms with E-state index in [-0.39, 0.29) is 24.2 Å². The van der Waals surface area contributed by atoms with Gasteiger partial charge in [-0.2, -0.15) is 0 Å². The van der Waals surface area contributed by atoms with Crippen molar-refractivity contribution in [1.29, 1.82) is 0 Å². The Morgan fingerprint density at radius 2 is 2.00 bits per heavy atom. The van der Waals surface area contributed by atoms with Crippen LogP contribution in [0.5, 0.6) is 5.75 Å². The monoisotopic (exact) mass is 324 g/mol. The molecular formula is C19H20N2O3. The number of ether oxygens (including phenoxy) is 1. The average Bonchev–Trinajstić information content (AvgIpc) is 2.97. The van der Waals surface area contributed by atoms with Crippen LogP contribution in [0.15, 0.2) is 48.5 Å². The number of rotatable bonds is 4. The van der Waals surface area contributed by atoms with E-state index in [9.17, 15) is 9.59 Å². The van der Waals surface area contributed by atoms with Crippen molar-refractivity contribution < 1.29 is 14.3 Å². The van der Waals surface area contributed by atoms with Gasteiger partial charge in [0.2, 0.25) is 11.8 Å². The molecule has 3 rings (SSSR count). The van der Waals surface area contributed by atoms with Crippen LogP contribution in [0.4, 0.5) is 11.4 Å². The molecule has 0 saturated carbocycles. The molecule has 1 aliphatic heterocycles. The van der Waals surface area contributed by atoms with Gasteiger partial charge in [0, 0.05) is 30.4 Å². The molecule has 0 aliphatic carbocycles. The molecule has 2 aromatic carbocycles. The molecule has 0 spiro atoms. The summed E-state index contributed by atoms with van der Waals surface area (Å²) in [5.41, 5.74) is 2.60. The molecule has 0 bridgehead atoms. The van der Waals surface area contributed by atoms with Crippen molar-refractivity contribution in [2.24, 2.45) is 5.92 Å². The molecule has 124 valence electrons. The molecule has 1 aliphatic rings. The quantitative estimate of drug-likeness (QED) is 0.940. The van der Waals surface area contributed by atoms with Gasteiger partial charge in [0.05, 0.1) is 13.0 Å². The molecule has 24 heavy (non-hydrogen) atoms. The Kier molecular flexibility index (Phi) is 4.51. The smallest absolute Gasteiger partial charge is 0.229 e. The number of carbonyl (C=O) groups excluding carboxylic acids is 2. The van der Waals surface area contributed by atoms with Crippen molar-refractivity contribution in [2.75, 3.05) is 23.9 Å². The molecule has 2 amide bonds. The summed E-state index contributed by atoms with van der Waals surface area (Å²) in [7, 11) is 1.58. The van der Waals surface area contributed by atoms with Crippen LogP contribution < -0.4 is 15.0 Å². The summed E-state index contributed by atoms with van der Waals surface area (Å²) >= 11 is 0. The summed E-state index contributed by atoms with van der Waals surface area (Å²) in [5, 5.41) is 2.86. The number of nitrogens with one attached hydrogen (secondary N) is 1. The SMILES string of the molecule is COc1cccc(NC(=O)C2CC(=O)N(c3cccc(C)c3)C2)c1. The van der Waals surface area contributed by atoms with Gasteiger partial charge in [-0.15, -0.1) is 0 Å². The molecule has 0 aromatic heterocycles. The zero-order valence-corrected chi connectivity index (χ0v) is 13.8. The van der Waals surface area contributed by atoms with Gasteiger partial charge < -0.3 is 15.0 Å². The predicted octanol–water partition coefficient (Wildman–Crippen LogP) is 3.00. The maximum absolute atomic E-state index is 12.5. The highest BCUT2D eigenvalue weighted by Crippen LogP contribution is 2.27. The van der Waals surface area contributed by atoms with Crippen LogP contribution in [0.2, 0.25) is 0 Å². The summed E-state index contributed by atoms with van der Waals surface area (Å²) in [6, 6.07) is 14.9. The second kappa shape index (κ2) is 6.74. The number of hydrogen-bond acceptors (Lipinski definition) is 3. The number of hydrogen-bond donors (Lipinski definition) is 1. The van der Waals surface area contributed by atoms with E-state index in [1.807, 2.05) is 43.3 Å². The number of amides is 2. The summed E-state index contributed by atoms with van der Waals surface area (Å²) in [4.78, 5) is 26.4. The molecular weight excluding hydrogens is 304 g/mol. The second-order valence-electron chi connectivity index (χ2n) is 5.97. The Morgan fingerprint density at radius 3 is 2.75 bits per heavy atom. The zero-order valence-electron chi connectivity index (χ0n) is 13.8. The largest absolute Gasteiger partial charge is 0.497 e. The van der Waals surface area contributed by atoms with Crippen molar-refractivity contribution in [1.82, 2.24) is 0 Å². The highest BCUT2D eigenvalue weighted by Gasteiger charge is 2.35. The fourth-order valence-corrected chi connectivity index (χ4v) is 2.87. The van der Waals surface area contributed by atoms with E-state index in [1.54, 1.807) is 24.1 Å². The predicted molar refractivity (Wildman–Crippen MR) is 93.3 cm³/mol. The molecule has 1 fully saturated rings. The number of aryl methyl sites for hydroxylation is 1. The van der Waals surface area contributed by atoms with Gasteiger partial charge in [0.25, 0.3) is 0 Å². The van der Waals surface area contributed by atoms with Crippen LogP contribution in [-0.4, -0.2) is 25.5 Å². The van der Waals surface area contributed by atoms with E-state index in [0.29, 0.717) is 18.0 Å². The van der Waals surface area contributed by atoms with E-state index in [4.69, 9.17) is 4.74 Å². The van der Waals surface area contributed by atoms with Gasteiger partial charge in [-0.25, -0.2) is 0 Å². The van der Waals surface area contributed by atoms with Crippen molar-refractivity contribution >= 4 is 23.2 Å². The van der Waals surface area contributed by atoms with Crippen molar-refractivity contribution in [3.8, 4) is 5.75 Å². The van der Waals surface area contributed by atoms with Gasteiger partial charge in [-0.05, 0) is 36.8 Å². The van der Waals surface area contributed by atoms with Crippen LogP contribution >= 0.6 is 0 Å². The van der Waals surface area contributed by atoms with Gasteiger partial charge in [0.15, 0.2) is 0 Å². The third-order valence-electron chi connectivity index (χ3n) is 4.15. The Morgan fingerprint density at radius 1 is 1.21 bits per heavy atom. The molecule has 0 radical (unpaired) electrons. The third kappa shape index (κ3) is 3.40. The molecule has 5 heteroatoms. The standard InChI is InChI=1S/C19H20N2O3/c1-13-5-3-7-16(9-13)21-12-14(10-18(21)22)19(23)20-15-6-4-8-17(11-15)24-2/h3-9,11,14H,10,12H2,1-2H3,(H,20,23). The summed E-state index contributed by atoms with van der Waals surface area (Å²) < 4.78 is 5.15. The first kappa shape index (κ1) is 16.1. The lowest BCUT2D eigenvalue weighted by molar-refractivity contribution is -0.122. The molecule has 5 nitrogen and oxygen atoms in total. The van der Waals surface area contributed by atoms with Crippen molar-refractivity contribution in [2.45, 2.75) is 13.3 Å². The molecule has 1 unspecified atom stereocenters. The van der Waals surface area contributed by atoms with E-state index >= 15 is 0 Å². The van der Waals surface area contributed by atoms with Crippen LogP contribution in [0.3, 0.4) is 0 Å². The number of anilines is 2. The highest BCUT2D eigenvalue weighted by atomic mass is 16.5. The maximum Gasteiger partial charge on any atom is 0.229 e. The number of benzene rings is 2. The molecule has 1 N–H and O–H groups in total. The minimum absolute atomic E-state index is 0.0219. The molecule has 2 aromatic rings. The number of carbonyl (C=O) groups is 2. The first-order chi connectivity index (χ1) is 11.6. The van der Waals surface area contributed by atoms with Crippen LogP contribution in [-0.2, 0) is 9.59 Å². The topological polar surface area (TPSA) is 58.6 Å². The van der Waals surface area contributed by atoms with E-state index < -0.39 is 0 Å². The van der Waals surface area contributed by atoms with Crippen LogP contribution in [0.25, 0.3) is 0 Å². The van der Waals surface area contributed by atoms with Crippen molar-refractivity contribution in [3.05, 3.63) is 54.1 Å². The Bertz CT molecular complexity index is 773. The molecule has 1 heterocycles. The van der Waals surface area contributed by atoms with Gasteiger partial charge in [-0.3, -0.25) is 9.59 Å². The summed E-state index contributed by atoms with van der Waals surface area (Å²) in [5.74, 6) is 0.152. The van der Waals surface area contributed by atoms with Crippen LogP contribution in [0.1, 0.15) is 12.0 Å². The van der Waals surface area contributed by atoms with Crippen LogP contribution in [0, 0.1) is 12.8 Å². The lowest BCUT2D eigenvalue weighted by atomic mass is 10.1. The Balaban J connectivity index is 1.69. The fourth-order valence-electron chi connectivity index (χ4n) is 2.87. The average molecular weight is 324 g/mol. The third-order valence-corrected chi connectivity index (χ3v) is 4.15. The molecule has 1 atom stereocenters. The van der Waals surface area contributed by atoms with E-state index in [0.717, 1.165) is 11.3 Å². The van der Waals surface area contributed by atoms with Gasteiger partial charge >= 0.3 is 0 Å². The van der Waals surface area contributed by atoms with Gasteiger partial charge in [-0.1, -0.05) is 18.2 Å². The first-order valence-corrected chi connectivity index (χ1v) is 7.89. The zero-order chi connectivity index (χ0) is 17.1. The highest BCUT2D eigenvalue weighted by molar-refractivity contribution is 6.03. The lowest BCUT2D eigenvalue weighted by Crippen LogP contribution is -2.28. The van der Waals surface area contributed by atoms with Gasteiger partial charge in [0.1, 0.15) is 5.75 Å². The van der Waals surface area contributed by atoms with E-state index in [1.165, 1.54) is 0 Å². The Hall–Kier alpha value is -2.82. The summed E-state index contributed by atoms with van der Waals surface area (Å²) in [6.07, 6.45) is 0.226. The Labute approximate surface area is 141 Å². The maximum atomic E-state index is 12.5.